The lowest BCUT2D eigenvalue weighted by Gasteiger charge is -2.24. The summed E-state index contributed by atoms with van der Waals surface area (Å²) in [6.45, 7) is 5.75. The molecule has 0 bridgehead atoms. The lowest BCUT2D eigenvalue weighted by atomic mass is 9.99. The van der Waals surface area contributed by atoms with Crippen LogP contribution in [0.1, 0.15) is 45.7 Å². The van der Waals surface area contributed by atoms with Crippen molar-refractivity contribution in [2.45, 2.75) is 20.8 Å². The summed E-state index contributed by atoms with van der Waals surface area (Å²) in [5.74, 6) is -1.05. The zero-order valence-electron chi connectivity index (χ0n) is 18.5. The number of benzene rings is 3. The summed E-state index contributed by atoms with van der Waals surface area (Å²) in [4.78, 5) is 42.8. The van der Waals surface area contributed by atoms with Gasteiger partial charge in [0.1, 0.15) is 5.75 Å². The van der Waals surface area contributed by atoms with Gasteiger partial charge in [-0.2, -0.15) is 0 Å². The molecule has 0 radical (unpaired) electrons. The fourth-order valence-electron chi connectivity index (χ4n) is 3.67. The van der Waals surface area contributed by atoms with Crippen LogP contribution < -0.4 is 9.64 Å². The van der Waals surface area contributed by atoms with Crippen LogP contribution in [0.4, 0.5) is 11.4 Å². The monoisotopic (exact) mass is 442 g/mol. The molecule has 0 aliphatic carbocycles. The van der Waals surface area contributed by atoms with E-state index in [1.807, 2.05) is 73.3 Å². The van der Waals surface area contributed by atoms with Gasteiger partial charge in [0.2, 0.25) is 0 Å². The van der Waals surface area contributed by atoms with Crippen molar-refractivity contribution >= 4 is 34.8 Å². The summed E-state index contributed by atoms with van der Waals surface area (Å²) in [5.41, 5.74) is 4.26. The van der Waals surface area contributed by atoms with Crippen LogP contribution in [0.15, 0.2) is 71.9 Å². The first-order chi connectivity index (χ1) is 15.9. The molecule has 3 aromatic rings. The van der Waals surface area contributed by atoms with Gasteiger partial charge in [-0.1, -0.05) is 24.3 Å². The molecule has 0 aromatic heterocycles. The number of carbonyl (C=O) groups is 3. The van der Waals surface area contributed by atoms with Crippen LogP contribution in [0.5, 0.6) is 5.75 Å². The molecule has 3 aromatic carbocycles. The zero-order valence-corrected chi connectivity index (χ0v) is 18.5. The topological polar surface area (TPSA) is 85.3 Å². The number of oxime groups is 1. The fourth-order valence-corrected chi connectivity index (χ4v) is 3.67. The average molecular weight is 442 g/mol. The molecule has 0 atom stereocenters. The van der Waals surface area contributed by atoms with Crippen molar-refractivity contribution in [1.82, 2.24) is 0 Å². The maximum atomic E-state index is 12.9. The third kappa shape index (κ3) is 4.39. The first-order valence-electron chi connectivity index (χ1n) is 10.5. The molecule has 1 heterocycles. The van der Waals surface area contributed by atoms with Gasteiger partial charge in [-0.05, 0) is 61.0 Å². The van der Waals surface area contributed by atoms with E-state index in [-0.39, 0.29) is 11.7 Å². The van der Waals surface area contributed by atoms with Gasteiger partial charge in [-0.15, -0.1) is 0 Å². The molecule has 0 unspecified atom stereocenters. The Bertz CT molecular complexity index is 1280. The smallest absolute Gasteiger partial charge is 0.332 e. The second kappa shape index (κ2) is 9.08. The summed E-state index contributed by atoms with van der Waals surface area (Å²) in [6.07, 6.45) is 0. The van der Waals surface area contributed by atoms with E-state index < -0.39 is 11.8 Å². The van der Waals surface area contributed by atoms with Gasteiger partial charge in [-0.25, -0.2) is 4.79 Å². The minimum absolute atomic E-state index is 0.0215. The zero-order chi connectivity index (χ0) is 23.5. The number of carbonyl (C=O) groups excluding carboxylic acids is 3. The van der Waals surface area contributed by atoms with Gasteiger partial charge in [0, 0.05) is 42.0 Å². The van der Waals surface area contributed by atoms with Gasteiger partial charge in [-0.3, -0.25) is 9.59 Å². The number of ether oxygens (including phenoxy) is 1. The van der Waals surface area contributed by atoms with Crippen molar-refractivity contribution in [1.29, 1.82) is 0 Å². The highest BCUT2D eigenvalue weighted by Crippen LogP contribution is 2.34. The molecule has 0 N–H and O–H groups in total. The number of rotatable bonds is 6. The van der Waals surface area contributed by atoms with Gasteiger partial charge in [0.15, 0.2) is 5.78 Å². The quantitative estimate of drug-likeness (QED) is 0.309. The van der Waals surface area contributed by atoms with E-state index >= 15 is 0 Å². The van der Waals surface area contributed by atoms with Crippen molar-refractivity contribution < 1.29 is 24.0 Å². The summed E-state index contributed by atoms with van der Waals surface area (Å²) in [7, 11) is 0. The van der Waals surface area contributed by atoms with E-state index in [0.717, 1.165) is 16.9 Å². The highest BCUT2D eigenvalue weighted by atomic mass is 16.7. The molecule has 0 amide bonds. The van der Waals surface area contributed by atoms with Crippen LogP contribution in [0.3, 0.4) is 0 Å². The van der Waals surface area contributed by atoms with E-state index in [9.17, 15) is 14.4 Å². The Kier molecular flexibility index (Phi) is 6.04. The van der Waals surface area contributed by atoms with Crippen LogP contribution in [-0.4, -0.2) is 30.0 Å². The summed E-state index contributed by atoms with van der Waals surface area (Å²) >= 11 is 0. The van der Waals surface area contributed by atoms with Crippen LogP contribution >= 0.6 is 0 Å². The maximum Gasteiger partial charge on any atom is 0.332 e. The van der Waals surface area contributed by atoms with E-state index in [0.29, 0.717) is 29.0 Å². The Balaban J connectivity index is 1.58. The predicted octanol–water partition coefficient (Wildman–Crippen LogP) is 4.84. The van der Waals surface area contributed by atoms with Crippen LogP contribution in [-0.2, 0) is 9.63 Å². The average Bonchev–Trinajstić information content (AvgIpc) is 3.13. The first-order valence-corrected chi connectivity index (χ1v) is 10.5. The Morgan fingerprint density at radius 2 is 1.70 bits per heavy atom. The van der Waals surface area contributed by atoms with Crippen LogP contribution in [0.25, 0.3) is 0 Å². The number of Topliss-reactive ketones (excluding diaryl/α,β-unsaturated/α-hetero) is 1. The molecule has 0 saturated heterocycles. The van der Waals surface area contributed by atoms with E-state index in [1.54, 1.807) is 12.1 Å². The number of fused-ring (bicyclic) bond motifs is 1. The number of aryl methyl sites for hydroxylation is 1. The Labute approximate surface area is 191 Å². The predicted molar refractivity (Wildman–Crippen MR) is 124 cm³/mol. The van der Waals surface area contributed by atoms with Crippen molar-refractivity contribution in [3.05, 3.63) is 89.0 Å². The molecule has 0 spiro atoms. The lowest BCUT2D eigenvalue weighted by molar-refractivity contribution is -0.141. The third-order valence-corrected chi connectivity index (χ3v) is 5.33. The van der Waals surface area contributed by atoms with Crippen molar-refractivity contribution in [3.8, 4) is 5.75 Å². The van der Waals surface area contributed by atoms with E-state index in [2.05, 4.69) is 9.99 Å². The number of ketones is 2. The molecule has 7 heteroatoms. The SMILES string of the molecule is CCN(c1ccc(C(=O)c2ccccc2C)cc1)c1ccc2c(c1)O/C(=N/OC(C)=O)C2=O. The highest BCUT2D eigenvalue weighted by Gasteiger charge is 2.31. The molecule has 0 fully saturated rings. The molecule has 1 aliphatic heterocycles. The fraction of sp³-hybridized carbons (Fsp3) is 0.154. The molecule has 1 aliphatic rings. The number of hydrogen-bond donors (Lipinski definition) is 0. The second-order valence-electron chi connectivity index (χ2n) is 7.53. The van der Waals surface area contributed by atoms with Crippen LogP contribution in [0, 0.1) is 6.92 Å². The van der Waals surface area contributed by atoms with Crippen LogP contribution in [0.2, 0.25) is 0 Å². The molecule has 0 saturated carbocycles. The summed E-state index contributed by atoms with van der Waals surface area (Å²) in [5, 5.41) is 3.48. The number of hydrogen-bond acceptors (Lipinski definition) is 7. The molecule has 7 nitrogen and oxygen atoms in total. The maximum absolute atomic E-state index is 12.9. The molecular weight excluding hydrogens is 420 g/mol. The number of anilines is 2. The minimum atomic E-state index is -0.642. The number of nitrogens with zero attached hydrogens (tertiary/aromatic N) is 2. The van der Waals surface area contributed by atoms with E-state index in [1.165, 1.54) is 6.92 Å². The summed E-state index contributed by atoms with van der Waals surface area (Å²) in [6, 6.07) is 20.1. The largest absolute Gasteiger partial charge is 0.433 e. The molecule has 33 heavy (non-hydrogen) atoms. The Morgan fingerprint density at radius 1 is 1.00 bits per heavy atom. The summed E-state index contributed by atoms with van der Waals surface area (Å²) < 4.78 is 5.50. The Hall–Kier alpha value is -4.26. The van der Waals surface area contributed by atoms with Crippen molar-refractivity contribution in [2.24, 2.45) is 5.16 Å². The second-order valence-corrected chi connectivity index (χ2v) is 7.53. The molecule has 166 valence electrons. The normalized spacial score (nSPS) is 13.4. The van der Waals surface area contributed by atoms with Gasteiger partial charge >= 0.3 is 11.9 Å². The molecular formula is C26H22N2O5. The van der Waals surface area contributed by atoms with Crippen molar-refractivity contribution in [2.75, 3.05) is 11.4 Å². The third-order valence-electron chi connectivity index (χ3n) is 5.33. The standard InChI is InChI=1S/C26H22N2O5/c1-4-28(19-11-9-18(10-12-19)24(30)21-8-6-5-7-16(21)2)20-13-14-22-23(15-20)32-26(25(22)31)27-33-17(3)29/h5-15H,4H2,1-3H3/b27-26+. The lowest BCUT2D eigenvalue weighted by Crippen LogP contribution is -2.16. The van der Waals surface area contributed by atoms with Gasteiger partial charge in [0.05, 0.1) is 5.56 Å². The van der Waals surface area contributed by atoms with Crippen molar-refractivity contribution in [3.63, 3.8) is 0 Å². The van der Waals surface area contributed by atoms with E-state index in [4.69, 9.17) is 4.74 Å². The molecule has 4 rings (SSSR count). The van der Waals surface area contributed by atoms with Gasteiger partial charge < -0.3 is 14.5 Å². The Morgan fingerprint density at radius 3 is 2.36 bits per heavy atom. The first kappa shape index (κ1) is 22.0. The minimum Gasteiger partial charge on any atom is -0.433 e. The van der Waals surface area contributed by atoms with Gasteiger partial charge in [0.25, 0.3) is 5.78 Å². The highest BCUT2D eigenvalue weighted by molar-refractivity contribution is 6.46.